The summed E-state index contributed by atoms with van der Waals surface area (Å²) in [4.78, 5) is 10.3. The third kappa shape index (κ3) is 8.30. The first-order valence-electron chi connectivity index (χ1n) is 25.1. The Morgan fingerprint density at radius 1 is 0.523 bits per heavy atom. The number of nitrogens with zero attached hydrogens (tertiary/aromatic N) is 3. The number of aromatic hydroxyl groups is 1. The van der Waals surface area contributed by atoms with E-state index in [0.717, 1.165) is 50.2 Å². The third-order valence-corrected chi connectivity index (χ3v) is 12.6. The Bertz CT molecular complexity index is 3360. The minimum absolute atomic E-state index is 0.0107. The fourth-order valence-electron chi connectivity index (χ4n) is 9.06. The van der Waals surface area contributed by atoms with Crippen molar-refractivity contribution in [3.63, 3.8) is 0 Å². The minimum Gasteiger partial charge on any atom is -0.507 e. The van der Waals surface area contributed by atoms with Crippen molar-refractivity contribution in [1.29, 1.82) is 0 Å². The van der Waals surface area contributed by atoms with Gasteiger partial charge >= 0.3 is 0 Å². The summed E-state index contributed by atoms with van der Waals surface area (Å²) in [5.41, 5.74) is 14.7. The van der Waals surface area contributed by atoms with E-state index in [2.05, 4.69) is 94.4 Å². The molecule has 4 heteroatoms. The molecule has 0 amide bonds. The number of para-hydroxylation sites is 1. The van der Waals surface area contributed by atoms with Crippen molar-refractivity contribution in [1.82, 2.24) is 14.5 Å². The molecule has 0 fully saturated rings. The molecular weight excluding hydrogens is 791 g/mol. The van der Waals surface area contributed by atoms with Gasteiger partial charge in [0.05, 0.1) is 28.0 Å². The van der Waals surface area contributed by atoms with Gasteiger partial charge in [-0.05, 0) is 140 Å². The molecule has 324 valence electrons. The Balaban J connectivity index is 1.25. The molecule has 0 unspecified atom stereocenters. The summed E-state index contributed by atoms with van der Waals surface area (Å²) in [6.45, 7) is 13.0. The predicted octanol–water partition coefficient (Wildman–Crippen LogP) is 16.9. The molecule has 2 heterocycles. The first-order valence-corrected chi connectivity index (χ1v) is 22.6. The zero-order valence-electron chi connectivity index (χ0n) is 43.5. The second-order valence-electron chi connectivity index (χ2n) is 18.2. The average molecular weight is 855 g/mol. The normalized spacial score (nSPS) is 13.4. The summed E-state index contributed by atoms with van der Waals surface area (Å²) in [6, 6.07) is 52.4. The quantitative estimate of drug-likeness (QED) is 0.141. The van der Waals surface area contributed by atoms with Crippen LogP contribution in [-0.4, -0.2) is 19.6 Å². The summed E-state index contributed by atoms with van der Waals surface area (Å²) >= 11 is 0. The van der Waals surface area contributed by atoms with Gasteiger partial charge in [-0.2, -0.15) is 0 Å². The van der Waals surface area contributed by atoms with Gasteiger partial charge < -0.3 is 5.11 Å². The number of phenols is 1. The molecule has 9 aromatic rings. The van der Waals surface area contributed by atoms with E-state index in [-0.39, 0.29) is 23.1 Å². The van der Waals surface area contributed by atoms with Crippen molar-refractivity contribution in [2.75, 3.05) is 0 Å². The predicted molar refractivity (Wildman–Crippen MR) is 274 cm³/mol. The van der Waals surface area contributed by atoms with Crippen LogP contribution in [-0.2, 0) is 0 Å². The Morgan fingerprint density at radius 2 is 1.15 bits per heavy atom. The molecule has 0 aliphatic rings. The van der Waals surface area contributed by atoms with Crippen molar-refractivity contribution in [3.8, 4) is 78.6 Å². The number of hydrogen-bond donors (Lipinski definition) is 1. The fraction of sp³-hybridized carbons (Fsp3) is 0.213. The van der Waals surface area contributed by atoms with Crippen LogP contribution in [0.1, 0.15) is 114 Å². The zero-order chi connectivity index (χ0) is 49.9. The highest BCUT2D eigenvalue weighted by atomic mass is 16.3. The van der Waals surface area contributed by atoms with E-state index in [0.29, 0.717) is 50.4 Å². The Labute approximate surface area is 392 Å². The maximum atomic E-state index is 12.3. The molecule has 0 bridgehead atoms. The molecule has 1 N–H and O–H groups in total. The summed E-state index contributed by atoms with van der Waals surface area (Å²) in [6.07, 6.45) is 1.84. The van der Waals surface area contributed by atoms with E-state index in [9.17, 15) is 5.11 Å². The Morgan fingerprint density at radius 3 is 1.83 bits per heavy atom. The summed E-state index contributed by atoms with van der Waals surface area (Å²) in [5.74, 6) is -1.46. The van der Waals surface area contributed by atoms with Gasteiger partial charge in [-0.15, -0.1) is 0 Å². The lowest BCUT2D eigenvalue weighted by Crippen LogP contribution is -2.04. The minimum atomic E-state index is -2.61. The number of benzene rings is 7. The first-order chi connectivity index (χ1) is 33.2. The van der Waals surface area contributed by atoms with Gasteiger partial charge in [0, 0.05) is 24.2 Å². The van der Waals surface area contributed by atoms with Crippen LogP contribution in [0.3, 0.4) is 0 Å². The van der Waals surface area contributed by atoms with Gasteiger partial charge in [-0.3, -0.25) is 9.55 Å². The van der Waals surface area contributed by atoms with E-state index in [1.165, 1.54) is 5.56 Å². The van der Waals surface area contributed by atoms with Crippen molar-refractivity contribution in [3.05, 3.63) is 192 Å². The number of pyridine rings is 1. The lowest BCUT2D eigenvalue weighted by Gasteiger charge is -2.22. The van der Waals surface area contributed by atoms with E-state index >= 15 is 0 Å². The van der Waals surface area contributed by atoms with Crippen LogP contribution in [0.25, 0.3) is 83.9 Å². The van der Waals surface area contributed by atoms with Crippen molar-refractivity contribution >= 4 is 11.0 Å². The lowest BCUT2D eigenvalue weighted by molar-refractivity contribution is 0.466. The highest BCUT2D eigenvalue weighted by molar-refractivity contribution is 5.97. The second kappa shape index (κ2) is 17.9. The number of imidazole rings is 1. The molecule has 9 rings (SSSR count). The van der Waals surface area contributed by atoms with Gasteiger partial charge in [0.25, 0.3) is 0 Å². The Hall–Kier alpha value is -7.04. The van der Waals surface area contributed by atoms with E-state index < -0.39 is 18.6 Å². The maximum Gasteiger partial charge on any atom is 0.149 e. The highest BCUT2D eigenvalue weighted by Gasteiger charge is 2.25. The molecule has 0 spiro atoms. The summed E-state index contributed by atoms with van der Waals surface area (Å²) < 4.78 is 47.5. The lowest BCUT2D eigenvalue weighted by atomic mass is 9.84. The molecule has 0 aliphatic carbocycles. The topological polar surface area (TPSA) is 50.9 Å². The second-order valence-corrected chi connectivity index (χ2v) is 18.2. The van der Waals surface area contributed by atoms with Crippen LogP contribution < -0.4 is 0 Å². The molecule has 4 nitrogen and oxygen atoms in total. The van der Waals surface area contributed by atoms with Gasteiger partial charge in [-0.25, -0.2) is 4.98 Å². The number of fused-ring (bicyclic) bond motifs is 1. The van der Waals surface area contributed by atoms with Gasteiger partial charge in [0.1, 0.15) is 11.6 Å². The van der Waals surface area contributed by atoms with Crippen molar-refractivity contribution in [2.24, 2.45) is 0 Å². The summed E-state index contributed by atoms with van der Waals surface area (Å²) in [7, 11) is 0. The van der Waals surface area contributed by atoms with Crippen LogP contribution in [0.2, 0.25) is 0 Å². The third-order valence-electron chi connectivity index (χ3n) is 12.6. The number of phenolic OH excluding ortho intramolecular Hbond substituents is 1. The molecule has 0 radical (unpaired) electrons. The standard InChI is InChI=1S/C61H59N3O/c1-37(2)49-34-53(40(7)8)60(65)54(35-49)61-63-59-52(22-15-23-57(59)64(61)56-29-28-48(32-41(56)9)58-50(38(3)4)20-14-21-51(58)39(5)6)46-18-13-19-47(33-46)55-36-45(30-31-62-55)44-26-24-43(25-27-44)42-16-11-10-12-17-42/h10-40,65H,1-9H3/i9D3,38D,39D. The van der Waals surface area contributed by atoms with Crippen LogP contribution in [0.15, 0.2) is 164 Å². The average Bonchev–Trinajstić information content (AvgIpc) is 3.72. The number of hydrogen-bond acceptors (Lipinski definition) is 3. The smallest absolute Gasteiger partial charge is 0.149 e. The van der Waals surface area contributed by atoms with E-state index in [4.69, 9.17) is 16.8 Å². The summed E-state index contributed by atoms with van der Waals surface area (Å²) in [5, 5.41) is 12.3. The van der Waals surface area contributed by atoms with Crippen LogP contribution in [0.4, 0.5) is 0 Å². The molecule has 65 heavy (non-hydrogen) atoms. The number of rotatable bonds is 11. The Kier molecular flexibility index (Phi) is 10.3. The molecule has 0 saturated heterocycles. The van der Waals surface area contributed by atoms with Crippen LogP contribution in [0.5, 0.6) is 5.75 Å². The first kappa shape index (κ1) is 37.3. The zero-order valence-corrected chi connectivity index (χ0v) is 38.5. The number of aromatic nitrogens is 3. The molecular formula is C61H59N3O. The van der Waals surface area contributed by atoms with E-state index in [1.54, 1.807) is 6.07 Å². The van der Waals surface area contributed by atoms with Gasteiger partial charge in [0.15, 0.2) is 0 Å². The highest BCUT2D eigenvalue weighted by Crippen LogP contribution is 2.44. The fourth-order valence-corrected chi connectivity index (χ4v) is 9.06. The molecule has 0 saturated carbocycles. The van der Waals surface area contributed by atoms with Gasteiger partial charge in [-0.1, -0.05) is 171 Å². The SMILES string of the molecule is [2H]C([2H])([2H])c1cc(-c2c(C([2H])(C)C)cccc2C([2H])(C)C)ccc1-n1c(-c2cc(C(C)C)cc(C(C)C)c2O)nc2c(-c3cccc(-c4cc(-c5ccc(-c6ccccc6)cc5)ccn4)c3)cccc21. The number of aryl methyl sites for hydroxylation is 1. The molecule has 0 aliphatic heterocycles. The molecule has 7 aromatic carbocycles. The monoisotopic (exact) mass is 854 g/mol. The maximum absolute atomic E-state index is 12.3. The van der Waals surface area contributed by atoms with Crippen LogP contribution >= 0.6 is 0 Å². The molecule has 0 atom stereocenters. The van der Waals surface area contributed by atoms with E-state index in [1.807, 2.05) is 123 Å². The molecule has 2 aromatic heterocycles. The van der Waals surface area contributed by atoms with Gasteiger partial charge in [0.2, 0.25) is 0 Å². The van der Waals surface area contributed by atoms with Crippen LogP contribution in [0, 0.1) is 6.85 Å². The van der Waals surface area contributed by atoms with Crippen molar-refractivity contribution < 1.29 is 12.0 Å². The largest absolute Gasteiger partial charge is 0.507 e. The van der Waals surface area contributed by atoms with Crippen molar-refractivity contribution in [2.45, 2.75) is 85.9 Å².